The Labute approximate surface area is 173 Å². The summed E-state index contributed by atoms with van der Waals surface area (Å²) in [4.78, 5) is 14.8. The number of nitrogens with one attached hydrogen (secondary N) is 1. The monoisotopic (exact) mass is 386 g/mol. The van der Waals surface area contributed by atoms with Gasteiger partial charge in [0.2, 0.25) is 5.91 Å². The first-order valence-electron chi connectivity index (χ1n) is 10.8. The second-order valence-electron chi connectivity index (χ2n) is 8.18. The van der Waals surface area contributed by atoms with Gasteiger partial charge in [-0.1, -0.05) is 72.8 Å². The van der Waals surface area contributed by atoms with Gasteiger partial charge in [0.05, 0.1) is 0 Å². The molecule has 3 nitrogen and oxygen atoms in total. The summed E-state index contributed by atoms with van der Waals surface area (Å²) in [6.45, 7) is 4.15. The van der Waals surface area contributed by atoms with Gasteiger partial charge in [0.15, 0.2) is 0 Å². The summed E-state index contributed by atoms with van der Waals surface area (Å²) in [7, 11) is 0. The number of rotatable bonds is 8. The molecule has 1 aliphatic rings. The Kier molecular flexibility index (Phi) is 6.58. The number of likely N-dealkylation sites (tertiary alicyclic amines) is 1. The van der Waals surface area contributed by atoms with Crippen molar-refractivity contribution < 1.29 is 4.79 Å². The number of aryl methyl sites for hydroxylation is 1. The van der Waals surface area contributed by atoms with Crippen molar-refractivity contribution in [2.24, 2.45) is 5.92 Å². The second kappa shape index (κ2) is 9.71. The lowest BCUT2D eigenvalue weighted by atomic mass is 10.0. The molecule has 0 bridgehead atoms. The molecule has 1 atom stereocenters. The normalized spacial score (nSPS) is 16.9. The maximum absolute atomic E-state index is 12.3. The Morgan fingerprint density at radius 1 is 0.897 bits per heavy atom. The first-order valence-corrected chi connectivity index (χ1v) is 10.8. The fourth-order valence-electron chi connectivity index (χ4n) is 4.21. The molecule has 4 rings (SSSR count). The highest BCUT2D eigenvalue weighted by Gasteiger charge is 2.22. The topological polar surface area (TPSA) is 32.3 Å². The van der Waals surface area contributed by atoms with E-state index in [-0.39, 0.29) is 5.91 Å². The number of nitrogens with zero attached hydrogens (tertiary/aromatic N) is 1. The molecule has 1 aliphatic heterocycles. The Balaban J connectivity index is 1.16. The van der Waals surface area contributed by atoms with Crippen molar-refractivity contribution in [3.63, 3.8) is 0 Å². The summed E-state index contributed by atoms with van der Waals surface area (Å²) in [5.41, 5.74) is 2.63. The summed E-state index contributed by atoms with van der Waals surface area (Å²) >= 11 is 0. The molecule has 1 saturated heterocycles. The molecule has 1 N–H and O–H groups in total. The van der Waals surface area contributed by atoms with Gasteiger partial charge in [0.1, 0.15) is 0 Å². The van der Waals surface area contributed by atoms with Crippen LogP contribution in [0.5, 0.6) is 0 Å². The molecular weight excluding hydrogens is 356 g/mol. The van der Waals surface area contributed by atoms with Crippen molar-refractivity contribution in [1.29, 1.82) is 0 Å². The molecule has 3 aromatic rings. The standard InChI is InChI=1S/C26H30N2O/c29-26(13-11-22-10-12-24-8-4-5-9-25(24)18-22)27-19-23-15-17-28(20-23)16-14-21-6-2-1-3-7-21/h1-10,12,18,23H,11,13-17,19-20H2,(H,27,29)/t23-/m0/s1. The van der Waals surface area contributed by atoms with E-state index in [1.54, 1.807) is 0 Å². The van der Waals surface area contributed by atoms with E-state index < -0.39 is 0 Å². The fraction of sp³-hybridized carbons (Fsp3) is 0.346. The third kappa shape index (κ3) is 5.68. The van der Waals surface area contributed by atoms with Gasteiger partial charge in [0.25, 0.3) is 0 Å². The van der Waals surface area contributed by atoms with Crippen molar-refractivity contribution in [2.75, 3.05) is 26.2 Å². The summed E-state index contributed by atoms with van der Waals surface area (Å²) in [5, 5.41) is 5.65. The smallest absolute Gasteiger partial charge is 0.220 e. The first kappa shape index (κ1) is 19.7. The maximum Gasteiger partial charge on any atom is 0.220 e. The van der Waals surface area contributed by atoms with Gasteiger partial charge in [-0.15, -0.1) is 0 Å². The minimum absolute atomic E-state index is 0.167. The van der Waals surface area contributed by atoms with Gasteiger partial charge >= 0.3 is 0 Å². The summed E-state index contributed by atoms with van der Waals surface area (Å²) in [6, 6.07) is 25.5. The highest BCUT2D eigenvalue weighted by Crippen LogP contribution is 2.18. The number of benzene rings is 3. The zero-order valence-corrected chi connectivity index (χ0v) is 17.0. The Bertz CT molecular complexity index is 938. The van der Waals surface area contributed by atoms with Crippen LogP contribution in [0.2, 0.25) is 0 Å². The molecule has 0 spiro atoms. The molecule has 0 aromatic heterocycles. The van der Waals surface area contributed by atoms with Crippen LogP contribution in [0.15, 0.2) is 72.8 Å². The molecule has 0 aliphatic carbocycles. The molecule has 150 valence electrons. The van der Waals surface area contributed by atoms with Crippen LogP contribution in [-0.2, 0) is 17.6 Å². The van der Waals surface area contributed by atoms with Gasteiger partial charge in [-0.3, -0.25) is 4.79 Å². The molecule has 1 amide bonds. The lowest BCUT2D eigenvalue weighted by Crippen LogP contribution is -2.31. The average Bonchev–Trinajstić information content (AvgIpc) is 3.23. The number of carbonyl (C=O) groups is 1. The number of hydrogen-bond acceptors (Lipinski definition) is 2. The maximum atomic E-state index is 12.3. The minimum atomic E-state index is 0.167. The predicted molar refractivity (Wildman–Crippen MR) is 120 cm³/mol. The van der Waals surface area contributed by atoms with Gasteiger partial charge in [-0.25, -0.2) is 0 Å². The van der Waals surface area contributed by atoms with E-state index in [2.05, 4.69) is 83.0 Å². The van der Waals surface area contributed by atoms with Crippen LogP contribution in [0.4, 0.5) is 0 Å². The predicted octanol–water partition coefficient (Wildman–Crippen LogP) is 4.45. The summed E-state index contributed by atoms with van der Waals surface area (Å²) in [6.07, 6.45) is 3.64. The Hall–Kier alpha value is -2.65. The van der Waals surface area contributed by atoms with Crippen LogP contribution >= 0.6 is 0 Å². The van der Waals surface area contributed by atoms with Crippen molar-refractivity contribution in [1.82, 2.24) is 10.2 Å². The van der Waals surface area contributed by atoms with Crippen molar-refractivity contribution in [2.45, 2.75) is 25.7 Å². The highest BCUT2D eigenvalue weighted by molar-refractivity contribution is 5.83. The molecule has 3 heteroatoms. The zero-order chi connectivity index (χ0) is 19.9. The molecule has 1 heterocycles. The van der Waals surface area contributed by atoms with Crippen LogP contribution in [-0.4, -0.2) is 37.0 Å². The van der Waals surface area contributed by atoms with Crippen LogP contribution in [0.3, 0.4) is 0 Å². The van der Waals surface area contributed by atoms with Crippen LogP contribution in [0, 0.1) is 5.92 Å². The molecule has 1 fully saturated rings. The minimum Gasteiger partial charge on any atom is -0.356 e. The third-order valence-corrected chi connectivity index (χ3v) is 5.97. The Morgan fingerprint density at radius 3 is 2.55 bits per heavy atom. The largest absolute Gasteiger partial charge is 0.356 e. The molecule has 0 unspecified atom stereocenters. The number of hydrogen-bond donors (Lipinski definition) is 1. The van der Waals surface area contributed by atoms with E-state index >= 15 is 0 Å². The van der Waals surface area contributed by atoms with E-state index in [1.807, 2.05) is 0 Å². The lowest BCUT2D eigenvalue weighted by molar-refractivity contribution is -0.121. The first-order chi connectivity index (χ1) is 14.3. The van der Waals surface area contributed by atoms with Gasteiger partial charge in [-0.05, 0) is 53.6 Å². The van der Waals surface area contributed by atoms with E-state index in [4.69, 9.17) is 0 Å². The van der Waals surface area contributed by atoms with Crippen LogP contribution < -0.4 is 5.32 Å². The molecule has 29 heavy (non-hydrogen) atoms. The summed E-state index contributed by atoms with van der Waals surface area (Å²) in [5.74, 6) is 0.747. The van der Waals surface area contributed by atoms with Gasteiger partial charge in [0, 0.05) is 26.1 Å². The van der Waals surface area contributed by atoms with Gasteiger partial charge < -0.3 is 10.2 Å². The molecule has 0 radical (unpaired) electrons. The number of carbonyl (C=O) groups excluding carboxylic acids is 1. The number of fused-ring (bicyclic) bond motifs is 1. The zero-order valence-electron chi connectivity index (χ0n) is 17.0. The number of amides is 1. The van der Waals surface area contributed by atoms with Crippen molar-refractivity contribution >= 4 is 16.7 Å². The average molecular weight is 387 g/mol. The molecular formula is C26H30N2O. The van der Waals surface area contributed by atoms with Crippen molar-refractivity contribution in [3.8, 4) is 0 Å². The van der Waals surface area contributed by atoms with E-state index in [9.17, 15) is 4.79 Å². The van der Waals surface area contributed by atoms with Gasteiger partial charge in [-0.2, -0.15) is 0 Å². The molecule has 0 saturated carbocycles. The van der Waals surface area contributed by atoms with E-state index in [0.717, 1.165) is 39.0 Å². The second-order valence-corrected chi connectivity index (χ2v) is 8.18. The summed E-state index contributed by atoms with van der Waals surface area (Å²) < 4.78 is 0. The van der Waals surface area contributed by atoms with E-state index in [1.165, 1.54) is 28.3 Å². The van der Waals surface area contributed by atoms with Crippen molar-refractivity contribution in [3.05, 3.63) is 83.9 Å². The third-order valence-electron chi connectivity index (χ3n) is 5.97. The van der Waals surface area contributed by atoms with Crippen LogP contribution in [0.25, 0.3) is 10.8 Å². The molecule has 3 aromatic carbocycles. The SMILES string of the molecule is O=C(CCc1ccc2ccccc2c1)NC[C@@H]1CCN(CCc2ccccc2)C1. The lowest BCUT2D eigenvalue weighted by Gasteiger charge is -2.16. The fourth-order valence-corrected chi connectivity index (χ4v) is 4.21. The van der Waals surface area contributed by atoms with Crippen LogP contribution in [0.1, 0.15) is 24.0 Å². The highest BCUT2D eigenvalue weighted by atomic mass is 16.1. The Morgan fingerprint density at radius 2 is 1.69 bits per heavy atom. The quantitative estimate of drug-likeness (QED) is 0.620. The van der Waals surface area contributed by atoms with E-state index in [0.29, 0.717) is 12.3 Å².